The molecule has 1 aliphatic rings. The number of carbonyl (C=O) groups is 2. The smallest absolute Gasteiger partial charge is 0.292 e. The van der Waals surface area contributed by atoms with Gasteiger partial charge < -0.3 is 5.32 Å². The van der Waals surface area contributed by atoms with E-state index in [1.54, 1.807) is 12.1 Å². The van der Waals surface area contributed by atoms with Crippen molar-refractivity contribution in [3.8, 4) is 0 Å². The molecule has 0 radical (unpaired) electrons. The number of nitro benzene ring substituents is 1. The summed E-state index contributed by atoms with van der Waals surface area (Å²) < 4.78 is 1.27. The number of benzene rings is 2. The topological polar surface area (TPSA) is 92.6 Å². The quantitative estimate of drug-likeness (QED) is 0.275. The first-order chi connectivity index (χ1) is 13.8. The summed E-state index contributed by atoms with van der Waals surface area (Å²) in [5.41, 5.74) is 0.778. The molecule has 7 nitrogen and oxygen atoms in total. The molecule has 0 saturated carbocycles. The highest BCUT2D eigenvalue weighted by Gasteiger charge is 2.32. The van der Waals surface area contributed by atoms with Crippen LogP contribution >= 0.6 is 39.9 Å². The Kier molecular flexibility index (Phi) is 6.78. The fourth-order valence-electron chi connectivity index (χ4n) is 2.61. The summed E-state index contributed by atoms with van der Waals surface area (Å²) >= 11 is 9.84. The number of thioether (sulfide) groups is 1. The summed E-state index contributed by atoms with van der Waals surface area (Å²) in [6, 6.07) is 13.4. The molecular weight excluding hydrogens is 478 g/mol. The maximum Gasteiger partial charge on any atom is 0.292 e. The first-order valence-electron chi connectivity index (χ1n) is 8.39. The minimum absolute atomic E-state index is 0.0390. The average molecular weight is 492 g/mol. The van der Waals surface area contributed by atoms with Gasteiger partial charge in [-0.1, -0.05) is 64.2 Å². The van der Waals surface area contributed by atoms with Gasteiger partial charge in [0.05, 0.1) is 9.83 Å². The van der Waals surface area contributed by atoms with Crippen LogP contribution in [0.4, 0.5) is 11.4 Å². The fourth-order valence-corrected chi connectivity index (χ4v) is 4.33. The zero-order valence-electron chi connectivity index (χ0n) is 14.8. The summed E-state index contributed by atoms with van der Waals surface area (Å²) in [5, 5.41) is 13.6. The molecule has 0 aromatic heterocycles. The van der Waals surface area contributed by atoms with Crippen molar-refractivity contribution in [1.82, 2.24) is 4.90 Å². The first kappa shape index (κ1) is 21.2. The number of nitrogens with one attached hydrogen (secondary N) is 1. The largest absolute Gasteiger partial charge is 0.320 e. The van der Waals surface area contributed by atoms with E-state index < -0.39 is 10.8 Å². The van der Waals surface area contributed by atoms with Gasteiger partial charge in [-0.2, -0.15) is 0 Å². The van der Waals surface area contributed by atoms with Crippen molar-refractivity contribution in [3.05, 3.63) is 73.6 Å². The molecule has 1 heterocycles. The highest BCUT2D eigenvalue weighted by molar-refractivity contribution is 9.10. The van der Waals surface area contributed by atoms with E-state index in [9.17, 15) is 19.7 Å². The van der Waals surface area contributed by atoms with Crippen molar-refractivity contribution in [1.29, 1.82) is 0 Å². The molecular formula is C19H14BrN3O4S2. The van der Waals surface area contributed by atoms with Gasteiger partial charge in [-0.25, -0.2) is 0 Å². The number of carbonyl (C=O) groups excluding carboxylic acids is 2. The predicted octanol–water partition coefficient (Wildman–Crippen LogP) is 4.59. The van der Waals surface area contributed by atoms with Gasteiger partial charge in [-0.3, -0.25) is 24.6 Å². The van der Waals surface area contributed by atoms with Gasteiger partial charge in [0, 0.05) is 23.5 Å². The van der Waals surface area contributed by atoms with Gasteiger partial charge >= 0.3 is 0 Å². The number of nitrogens with zero attached hydrogens (tertiary/aromatic N) is 2. The lowest BCUT2D eigenvalue weighted by Crippen LogP contribution is -2.31. The Bertz CT molecular complexity index is 1040. The minimum atomic E-state index is -0.565. The van der Waals surface area contributed by atoms with Crippen molar-refractivity contribution in [3.63, 3.8) is 0 Å². The summed E-state index contributed by atoms with van der Waals surface area (Å²) in [4.78, 5) is 37.2. The standard InChI is InChI=1S/C19H14BrN3O4S2/c20-13-5-3-4-12(10-13)11-16-18(25)22(19(28)29-16)9-8-17(24)21-14-6-1-2-7-15(14)23(26)27/h1-7,10-11H,8-9H2,(H,21,24)/b16-11-. The van der Waals surface area contributed by atoms with Crippen LogP contribution in [0, 0.1) is 10.1 Å². The van der Waals surface area contributed by atoms with Crippen molar-refractivity contribution in [2.45, 2.75) is 6.42 Å². The Morgan fingerprint density at radius 3 is 2.76 bits per heavy atom. The molecule has 10 heteroatoms. The zero-order chi connectivity index (χ0) is 21.0. The molecule has 0 bridgehead atoms. The number of hydrogen-bond acceptors (Lipinski definition) is 6. The van der Waals surface area contributed by atoms with E-state index in [1.807, 2.05) is 24.3 Å². The number of rotatable bonds is 6. The molecule has 148 valence electrons. The molecule has 2 aromatic rings. The summed E-state index contributed by atoms with van der Waals surface area (Å²) in [6.07, 6.45) is 1.71. The molecule has 1 N–H and O–H groups in total. The van der Waals surface area contributed by atoms with Crippen molar-refractivity contribution < 1.29 is 14.5 Å². The molecule has 0 aliphatic carbocycles. The Hall–Kier alpha value is -2.56. The molecule has 0 atom stereocenters. The molecule has 2 aromatic carbocycles. The average Bonchev–Trinajstić information content (AvgIpc) is 2.93. The Morgan fingerprint density at radius 1 is 1.28 bits per heavy atom. The third kappa shape index (κ3) is 5.28. The SMILES string of the molecule is O=C(CCN1C(=O)/C(=C/c2cccc(Br)c2)SC1=S)Nc1ccccc1[N+](=O)[O-]. The lowest BCUT2D eigenvalue weighted by atomic mass is 10.2. The van der Waals surface area contributed by atoms with E-state index in [0.717, 1.165) is 10.0 Å². The van der Waals surface area contributed by atoms with Gasteiger partial charge in [-0.15, -0.1) is 0 Å². The fraction of sp³-hybridized carbons (Fsp3) is 0.105. The molecule has 29 heavy (non-hydrogen) atoms. The van der Waals surface area contributed by atoms with Gasteiger partial charge in [0.1, 0.15) is 10.0 Å². The second-order valence-corrected chi connectivity index (χ2v) is 8.55. The predicted molar refractivity (Wildman–Crippen MR) is 120 cm³/mol. The summed E-state index contributed by atoms with van der Waals surface area (Å²) in [7, 11) is 0. The number of amides is 2. The molecule has 1 saturated heterocycles. The normalized spacial score (nSPS) is 15.1. The highest BCUT2D eigenvalue weighted by Crippen LogP contribution is 2.33. The third-order valence-electron chi connectivity index (χ3n) is 3.96. The minimum Gasteiger partial charge on any atom is -0.320 e. The molecule has 0 spiro atoms. The van der Waals surface area contributed by atoms with Crippen LogP contribution in [0.2, 0.25) is 0 Å². The Morgan fingerprint density at radius 2 is 2.03 bits per heavy atom. The van der Waals surface area contributed by atoms with Crippen LogP contribution in [-0.4, -0.2) is 32.5 Å². The maximum atomic E-state index is 12.6. The van der Waals surface area contributed by atoms with E-state index in [-0.39, 0.29) is 30.2 Å². The van der Waals surface area contributed by atoms with Crippen LogP contribution in [0.15, 0.2) is 57.9 Å². The zero-order valence-corrected chi connectivity index (χ0v) is 18.1. The summed E-state index contributed by atoms with van der Waals surface area (Å²) in [6.45, 7) is 0.0902. The van der Waals surface area contributed by atoms with Crippen molar-refractivity contribution >= 4 is 73.5 Å². The van der Waals surface area contributed by atoms with Crippen molar-refractivity contribution in [2.24, 2.45) is 0 Å². The van der Waals surface area contributed by atoms with Crippen LogP contribution in [0.3, 0.4) is 0 Å². The number of thiocarbonyl (C=S) groups is 1. The van der Waals surface area contributed by atoms with E-state index in [2.05, 4.69) is 21.2 Å². The van der Waals surface area contributed by atoms with E-state index >= 15 is 0 Å². The van der Waals surface area contributed by atoms with Gasteiger partial charge in [-0.05, 0) is 29.8 Å². The van der Waals surface area contributed by atoms with Crippen LogP contribution in [0.1, 0.15) is 12.0 Å². The number of para-hydroxylation sites is 2. The van der Waals surface area contributed by atoms with E-state index in [4.69, 9.17) is 12.2 Å². The van der Waals surface area contributed by atoms with Crippen LogP contribution in [0.25, 0.3) is 6.08 Å². The molecule has 3 rings (SSSR count). The lowest BCUT2D eigenvalue weighted by molar-refractivity contribution is -0.383. The molecule has 2 amide bonds. The van der Waals surface area contributed by atoms with Gasteiger partial charge in [0.15, 0.2) is 0 Å². The van der Waals surface area contributed by atoms with Crippen LogP contribution in [-0.2, 0) is 9.59 Å². The number of hydrogen-bond donors (Lipinski definition) is 1. The molecule has 0 unspecified atom stereocenters. The second kappa shape index (κ2) is 9.29. The van der Waals surface area contributed by atoms with Gasteiger partial charge in [0.2, 0.25) is 5.91 Å². The monoisotopic (exact) mass is 491 g/mol. The van der Waals surface area contributed by atoms with Gasteiger partial charge in [0.25, 0.3) is 11.6 Å². The highest BCUT2D eigenvalue weighted by atomic mass is 79.9. The molecule has 1 fully saturated rings. The third-order valence-corrected chi connectivity index (χ3v) is 5.83. The lowest BCUT2D eigenvalue weighted by Gasteiger charge is -2.14. The van der Waals surface area contributed by atoms with E-state index in [1.165, 1.54) is 34.9 Å². The molecule has 1 aliphatic heterocycles. The van der Waals surface area contributed by atoms with Crippen molar-refractivity contribution in [2.75, 3.05) is 11.9 Å². The number of anilines is 1. The first-order valence-corrected chi connectivity index (χ1v) is 10.4. The number of nitro groups is 1. The van der Waals surface area contributed by atoms with Crippen LogP contribution < -0.4 is 5.32 Å². The Balaban J connectivity index is 1.64. The Labute approximate surface area is 184 Å². The maximum absolute atomic E-state index is 12.6. The van der Waals surface area contributed by atoms with Crippen LogP contribution in [0.5, 0.6) is 0 Å². The van der Waals surface area contributed by atoms with E-state index in [0.29, 0.717) is 9.23 Å². The summed E-state index contributed by atoms with van der Waals surface area (Å²) in [5.74, 6) is -0.706. The number of halogens is 1. The second-order valence-electron chi connectivity index (χ2n) is 5.96.